The lowest BCUT2D eigenvalue weighted by Crippen LogP contribution is -2.48. The number of carbonyl (C=O) groups is 4. The summed E-state index contributed by atoms with van der Waals surface area (Å²) in [5.41, 5.74) is -0.816. The predicted molar refractivity (Wildman–Crippen MR) is 115 cm³/mol. The van der Waals surface area contributed by atoms with Gasteiger partial charge in [0.25, 0.3) is 11.8 Å². The first-order chi connectivity index (χ1) is 15.2. The van der Waals surface area contributed by atoms with Gasteiger partial charge in [0.2, 0.25) is 0 Å². The number of aliphatic carboxylic acids is 1. The zero-order chi connectivity index (χ0) is 23.7. The van der Waals surface area contributed by atoms with Crippen LogP contribution < -0.4 is 20.9 Å². The molecular formula is C19H25N5O7S. The van der Waals surface area contributed by atoms with E-state index < -0.39 is 29.6 Å². The van der Waals surface area contributed by atoms with E-state index in [0.29, 0.717) is 24.8 Å². The molecule has 0 unspecified atom stereocenters. The van der Waals surface area contributed by atoms with Gasteiger partial charge < -0.3 is 35.4 Å². The van der Waals surface area contributed by atoms with Crippen molar-refractivity contribution in [3.05, 3.63) is 35.6 Å². The van der Waals surface area contributed by atoms with Crippen LogP contribution in [0.1, 0.15) is 23.3 Å². The van der Waals surface area contributed by atoms with Gasteiger partial charge in [-0.05, 0) is 12.8 Å². The maximum absolute atomic E-state index is 12.4. The minimum atomic E-state index is -1.40. The molecule has 0 radical (unpaired) electrons. The lowest BCUT2D eigenvalue weighted by molar-refractivity contribution is -0.134. The van der Waals surface area contributed by atoms with Crippen LogP contribution in [0.25, 0.3) is 0 Å². The molecule has 1 aliphatic heterocycles. The summed E-state index contributed by atoms with van der Waals surface area (Å²) in [5, 5.41) is 17.9. The van der Waals surface area contributed by atoms with Crippen molar-refractivity contribution < 1.29 is 33.8 Å². The second-order valence-corrected chi connectivity index (χ2v) is 7.58. The molecule has 174 valence electrons. The van der Waals surface area contributed by atoms with Crippen LogP contribution in [0.15, 0.2) is 29.9 Å². The standard InChI is InChI=1S/C19H25N5O7S/c1-11(15(25)21-12(2)17(27)28)20-16(26)14-10-32-18(23-14)24-6-4-5-13(9-24)22-19(29)31-8-7-30-3/h10,13H,1-2,4-9H2,3H3,(H,20,26)(H,21,25)(H,22,29)(H,27,28)/t13-/m0/s1. The minimum Gasteiger partial charge on any atom is -0.477 e. The molecule has 1 aliphatic rings. The Balaban J connectivity index is 1.89. The molecule has 1 aromatic heterocycles. The fraction of sp³-hybridized carbons (Fsp3) is 0.421. The summed E-state index contributed by atoms with van der Waals surface area (Å²) >= 11 is 1.24. The lowest BCUT2D eigenvalue weighted by Gasteiger charge is -2.32. The van der Waals surface area contributed by atoms with Crippen LogP contribution in [-0.4, -0.2) is 73.4 Å². The summed E-state index contributed by atoms with van der Waals surface area (Å²) in [7, 11) is 1.52. The number of anilines is 1. The van der Waals surface area contributed by atoms with E-state index in [1.165, 1.54) is 23.8 Å². The monoisotopic (exact) mass is 467 g/mol. The van der Waals surface area contributed by atoms with Crippen molar-refractivity contribution in [2.75, 3.05) is 38.3 Å². The Hall–Kier alpha value is -3.45. The fourth-order valence-electron chi connectivity index (χ4n) is 2.73. The summed E-state index contributed by atoms with van der Waals surface area (Å²) in [5.74, 6) is -2.97. The molecule has 13 heteroatoms. The smallest absolute Gasteiger partial charge is 0.407 e. The topological polar surface area (TPSA) is 159 Å². The van der Waals surface area contributed by atoms with Crippen molar-refractivity contribution in [1.82, 2.24) is 20.9 Å². The number of amides is 3. The van der Waals surface area contributed by atoms with Crippen LogP contribution in [0.4, 0.5) is 9.93 Å². The third-order valence-corrected chi connectivity index (χ3v) is 5.22. The number of nitrogens with zero attached hydrogens (tertiary/aromatic N) is 2. The number of carboxylic acid groups (broad SMARTS) is 1. The average Bonchev–Trinajstić information content (AvgIpc) is 3.24. The molecule has 0 saturated carbocycles. The van der Waals surface area contributed by atoms with Crippen LogP contribution in [0, 0.1) is 0 Å². The van der Waals surface area contributed by atoms with Crippen molar-refractivity contribution in [3.63, 3.8) is 0 Å². The molecule has 1 aromatic rings. The molecular weight excluding hydrogens is 442 g/mol. The minimum absolute atomic E-state index is 0.0741. The highest BCUT2D eigenvalue weighted by atomic mass is 32.1. The molecule has 1 atom stereocenters. The van der Waals surface area contributed by atoms with E-state index in [1.807, 2.05) is 10.2 Å². The van der Waals surface area contributed by atoms with Gasteiger partial charge in [-0.15, -0.1) is 11.3 Å². The predicted octanol–water partition coefficient (Wildman–Crippen LogP) is 0.443. The summed E-state index contributed by atoms with van der Waals surface area (Å²) < 4.78 is 9.85. The average molecular weight is 468 g/mol. The van der Waals surface area contributed by atoms with Crippen LogP contribution >= 0.6 is 11.3 Å². The van der Waals surface area contributed by atoms with E-state index in [-0.39, 0.29) is 24.0 Å². The SMILES string of the molecule is C=C(NC(=O)C(=C)NC(=O)c1csc(N2CCC[C@H](NC(=O)OCCOC)C2)n1)C(=O)O. The molecule has 3 amide bonds. The van der Waals surface area contributed by atoms with Crippen molar-refractivity contribution in [2.45, 2.75) is 18.9 Å². The van der Waals surface area contributed by atoms with Gasteiger partial charge in [0.15, 0.2) is 5.13 Å². The van der Waals surface area contributed by atoms with Crippen LogP contribution in [0.5, 0.6) is 0 Å². The third kappa shape index (κ3) is 7.35. The van der Waals surface area contributed by atoms with Gasteiger partial charge in [0.1, 0.15) is 18.0 Å². The molecule has 0 spiro atoms. The van der Waals surface area contributed by atoms with Crippen molar-refractivity contribution in [2.24, 2.45) is 0 Å². The highest BCUT2D eigenvalue weighted by Crippen LogP contribution is 2.24. The highest BCUT2D eigenvalue weighted by molar-refractivity contribution is 7.13. The number of ether oxygens (including phenoxy) is 2. The maximum Gasteiger partial charge on any atom is 0.407 e. The number of hydrogen-bond acceptors (Lipinski definition) is 9. The zero-order valence-corrected chi connectivity index (χ0v) is 18.3. The second-order valence-electron chi connectivity index (χ2n) is 6.74. The van der Waals surface area contributed by atoms with Gasteiger partial charge in [-0.1, -0.05) is 13.2 Å². The van der Waals surface area contributed by atoms with Crippen molar-refractivity contribution in [3.8, 4) is 0 Å². The number of piperidine rings is 1. The first kappa shape index (κ1) is 24.8. The Bertz CT molecular complexity index is 900. The van der Waals surface area contributed by atoms with Crippen molar-refractivity contribution in [1.29, 1.82) is 0 Å². The summed E-state index contributed by atoms with van der Waals surface area (Å²) in [4.78, 5) is 53.0. The van der Waals surface area contributed by atoms with Crippen LogP contribution in [0.2, 0.25) is 0 Å². The first-order valence-corrected chi connectivity index (χ1v) is 10.5. The Morgan fingerprint density at radius 1 is 1.25 bits per heavy atom. The molecule has 1 saturated heterocycles. The van der Waals surface area contributed by atoms with Gasteiger partial charge in [0, 0.05) is 31.6 Å². The van der Waals surface area contributed by atoms with Crippen LogP contribution in [0.3, 0.4) is 0 Å². The third-order valence-electron chi connectivity index (χ3n) is 4.32. The molecule has 0 aliphatic carbocycles. The number of thiazole rings is 1. The first-order valence-electron chi connectivity index (χ1n) is 9.57. The molecule has 1 fully saturated rings. The summed E-state index contributed by atoms with van der Waals surface area (Å²) in [6, 6.07) is -0.134. The lowest BCUT2D eigenvalue weighted by atomic mass is 10.1. The van der Waals surface area contributed by atoms with Crippen LogP contribution in [-0.2, 0) is 19.1 Å². The number of hydrogen-bond donors (Lipinski definition) is 4. The molecule has 4 N–H and O–H groups in total. The number of aromatic nitrogens is 1. The normalized spacial score (nSPS) is 15.4. The van der Waals surface area contributed by atoms with E-state index in [1.54, 1.807) is 0 Å². The number of rotatable bonds is 10. The van der Waals surface area contributed by atoms with Gasteiger partial charge in [-0.3, -0.25) is 9.59 Å². The quantitative estimate of drug-likeness (QED) is 0.283. The number of alkyl carbamates (subject to hydrolysis) is 1. The molecule has 32 heavy (non-hydrogen) atoms. The van der Waals surface area contributed by atoms with Gasteiger partial charge in [-0.2, -0.15) is 0 Å². The summed E-state index contributed by atoms with van der Waals surface area (Å²) in [6.07, 6.45) is 1.08. The second kappa shape index (κ2) is 11.8. The number of methoxy groups -OCH3 is 1. The van der Waals surface area contributed by atoms with Gasteiger partial charge >= 0.3 is 12.1 Å². The van der Waals surface area contributed by atoms with Gasteiger partial charge in [-0.25, -0.2) is 14.6 Å². The van der Waals surface area contributed by atoms with E-state index >= 15 is 0 Å². The molecule has 2 rings (SSSR count). The van der Waals surface area contributed by atoms with E-state index in [9.17, 15) is 19.2 Å². The largest absolute Gasteiger partial charge is 0.477 e. The number of carboxylic acids is 1. The molecule has 12 nitrogen and oxygen atoms in total. The summed E-state index contributed by atoms with van der Waals surface area (Å²) in [6.45, 7) is 8.28. The zero-order valence-electron chi connectivity index (χ0n) is 17.5. The Kier molecular flexibility index (Phi) is 9.16. The Morgan fingerprint density at radius 2 is 2.00 bits per heavy atom. The molecule has 0 aromatic carbocycles. The van der Waals surface area contributed by atoms with Crippen molar-refractivity contribution >= 4 is 40.3 Å². The Morgan fingerprint density at radius 3 is 2.69 bits per heavy atom. The number of nitrogens with one attached hydrogen (secondary N) is 3. The van der Waals surface area contributed by atoms with Gasteiger partial charge in [0.05, 0.1) is 12.3 Å². The number of carbonyl (C=O) groups excluding carboxylic acids is 3. The molecule has 2 heterocycles. The van der Waals surface area contributed by atoms with E-state index in [4.69, 9.17) is 14.6 Å². The van der Waals surface area contributed by atoms with E-state index in [0.717, 1.165) is 12.8 Å². The highest BCUT2D eigenvalue weighted by Gasteiger charge is 2.25. The molecule has 0 bridgehead atoms. The fourth-order valence-corrected chi connectivity index (χ4v) is 3.58. The van der Waals surface area contributed by atoms with E-state index in [2.05, 4.69) is 28.8 Å². The maximum atomic E-state index is 12.4. The Labute approximate surface area is 188 Å².